The summed E-state index contributed by atoms with van der Waals surface area (Å²) in [6.07, 6.45) is 1.72. The van der Waals surface area contributed by atoms with Crippen molar-refractivity contribution in [1.82, 2.24) is 35.8 Å². The number of hydrogen-bond acceptors (Lipinski definition) is 10. The highest BCUT2D eigenvalue weighted by Gasteiger charge is 2.47. The average molecular weight is 968 g/mol. The van der Waals surface area contributed by atoms with E-state index in [1.165, 1.54) is 44.1 Å². The molecule has 2 aromatic rings. The van der Waals surface area contributed by atoms with Gasteiger partial charge in [-0.1, -0.05) is 111 Å². The number of hydrogen-bond donors (Lipinski definition) is 8. The molecule has 3 rings (SSSR count). The van der Waals surface area contributed by atoms with E-state index in [1.54, 1.807) is 84.9 Å². The molecule has 68 heavy (non-hydrogen) atoms. The third kappa shape index (κ3) is 14.5. The van der Waals surface area contributed by atoms with Crippen LogP contribution in [0.15, 0.2) is 71.1 Å². The first-order chi connectivity index (χ1) is 31.4. The number of carbonyl (C=O) groups excluding carboxylic acids is 6. The van der Waals surface area contributed by atoms with E-state index < -0.39 is 98.3 Å². The highest BCUT2D eigenvalue weighted by Crippen LogP contribution is 2.46. The summed E-state index contributed by atoms with van der Waals surface area (Å²) in [4.78, 5) is 94.2. The van der Waals surface area contributed by atoms with Crippen molar-refractivity contribution in [3.63, 3.8) is 0 Å². The van der Waals surface area contributed by atoms with Crippen LogP contribution in [0.2, 0.25) is 0 Å². The summed E-state index contributed by atoms with van der Waals surface area (Å²) in [6.45, 7) is 17.6. The molecule has 0 heterocycles. The average Bonchev–Trinajstić information content (AvgIpc) is 4.04. The highest BCUT2D eigenvalue weighted by atomic mass is 32.2. The molecule has 0 aromatic heterocycles. The van der Waals surface area contributed by atoms with Crippen LogP contribution in [-0.4, -0.2) is 116 Å². The van der Waals surface area contributed by atoms with Gasteiger partial charge in [0.15, 0.2) is 0 Å². The predicted octanol–water partition coefficient (Wildman–Crippen LogP) is 3.43. The first-order valence-corrected chi connectivity index (χ1v) is 24.2. The molecule has 1 saturated carbocycles. The Morgan fingerprint density at radius 3 is 1.88 bits per heavy atom. The van der Waals surface area contributed by atoms with Gasteiger partial charge in [-0.3, -0.25) is 28.9 Å². The first-order valence-electron chi connectivity index (χ1n) is 22.7. The van der Waals surface area contributed by atoms with Crippen molar-refractivity contribution in [3.8, 4) is 0 Å². The van der Waals surface area contributed by atoms with E-state index in [4.69, 9.17) is 11.5 Å². The van der Waals surface area contributed by atoms with Crippen LogP contribution in [0.25, 0.3) is 0 Å². The second kappa shape index (κ2) is 22.9. The van der Waals surface area contributed by atoms with Gasteiger partial charge in [-0.15, -0.1) is 0 Å². The number of sulfonamides is 1. The number of carbonyl (C=O) groups is 7. The highest BCUT2D eigenvalue weighted by molar-refractivity contribution is 7.90. The number of benzene rings is 2. The molecule has 376 valence electrons. The molecule has 1 fully saturated rings. The van der Waals surface area contributed by atoms with Crippen LogP contribution < -0.4 is 37.5 Å². The standard InChI is InChI=1S/C48H73N9O10S/c1-28(2)35(56(11)43(62)37(46(6,7)8)53-42(61)38(57(12)45(64)65)47(9,10)31-17-14-13-15-18-31)27-30(5)39(58)55-68(66,67)33-22-20-32(21-23-33)48(24-25-48)54-40(59)34(19-16-26-51-44(50)63)52-41(60)36(49)29(3)4/h13-15,17-18,20-23,27-29,34-38H,16,19,24-26,49H2,1-12H3,(H,52,60)(H,53,61)(H,54,59)(H,55,58)(H,64,65)(H3,50,51,63)/t34-,35-,36-,37-,38-/m1/s1. The molecule has 0 unspecified atom stereocenters. The Balaban J connectivity index is 1.80. The summed E-state index contributed by atoms with van der Waals surface area (Å²) < 4.78 is 29.3. The summed E-state index contributed by atoms with van der Waals surface area (Å²) in [6, 6.07) is 8.99. The number of likely N-dealkylation sites (N-methyl/N-ethyl adjacent to an activating group) is 2. The van der Waals surface area contributed by atoms with Crippen molar-refractivity contribution in [2.75, 3.05) is 20.6 Å². The van der Waals surface area contributed by atoms with E-state index in [0.717, 1.165) is 4.90 Å². The van der Waals surface area contributed by atoms with E-state index >= 15 is 0 Å². The van der Waals surface area contributed by atoms with Crippen molar-refractivity contribution >= 4 is 51.7 Å². The van der Waals surface area contributed by atoms with Gasteiger partial charge in [-0.2, -0.15) is 0 Å². The van der Waals surface area contributed by atoms with Crippen LogP contribution in [-0.2, 0) is 44.9 Å². The van der Waals surface area contributed by atoms with E-state index in [2.05, 4.69) is 26.0 Å². The summed E-state index contributed by atoms with van der Waals surface area (Å²) >= 11 is 0. The molecular formula is C48H73N9O10S. The fraction of sp³-hybridized carbons (Fsp3) is 0.562. The molecule has 20 heteroatoms. The fourth-order valence-corrected chi connectivity index (χ4v) is 8.95. The number of carboxylic acid groups (broad SMARTS) is 1. The Kier molecular flexibility index (Phi) is 18.9. The Morgan fingerprint density at radius 2 is 1.40 bits per heavy atom. The third-order valence-electron chi connectivity index (χ3n) is 12.5. The molecule has 1 aliphatic carbocycles. The third-order valence-corrected chi connectivity index (χ3v) is 13.8. The maximum absolute atomic E-state index is 14.4. The van der Waals surface area contributed by atoms with Crippen molar-refractivity contribution in [1.29, 1.82) is 0 Å². The van der Waals surface area contributed by atoms with E-state index in [0.29, 0.717) is 30.4 Å². The van der Waals surface area contributed by atoms with Crippen LogP contribution in [0.4, 0.5) is 9.59 Å². The van der Waals surface area contributed by atoms with Crippen LogP contribution in [0.1, 0.15) is 106 Å². The van der Waals surface area contributed by atoms with Gasteiger partial charge in [-0.25, -0.2) is 22.7 Å². The summed E-state index contributed by atoms with van der Waals surface area (Å²) in [5.74, 6) is -3.62. The second-order valence-corrected chi connectivity index (χ2v) is 21.7. The molecule has 0 spiro atoms. The summed E-state index contributed by atoms with van der Waals surface area (Å²) in [5.41, 5.74) is 9.77. The van der Waals surface area contributed by atoms with Gasteiger partial charge in [0, 0.05) is 31.6 Å². The molecule has 1 aliphatic rings. The number of amides is 8. The van der Waals surface area contributed by atoms with Gasteiger partial charge < -0.3 is 42.7 Å². The molecule has 5 atom stereocenters. The Hall–Kier alpha value is -6.02. The first kappa shape index (κ1) is 56.3. The zero-order valence-electron chi connectivity index (χ0n) is 41.4. The molecule has 0 radical (unpaired) electrons. The lowest BCUT2D eigenvalue weighted by Crippen LogP contribution is -2.62. The lowest BCUT2D eigenvalue weighted by Gasteiger charge is -2.41. The number of urea groups is 1. The quantitative estimate of drug-likeness (QED) is 0.0625. The molecule has 8 amide bonds. The zero-order chi connectivity index (χ0) is 51.7. The summed E-state index contributed by atoms with van der Waals surface area (Å²) in [5, 5.41) is 21.1. The van der Waals surface area contributed by atoms with Crippen molar-refractivity contribution in [2.24, 2.45) is 28.7 Å². The minimum Gasteiger partial charge on any atom is -0.465 e. The minimum absolute atomic E-state index is 0.00584. The minimum atomic E-state index is -4.42. The number of primary amides is 1. The van der Waals surface area contributed by atoms with Gasteiger partial charge in [0.1, 0.15) is 18.1 Å². The van der Waals surface area contributed by atoms with Crippen LogP contribution in [0.5, 0.6) is 0 Å². The lowest BCUT2D eigenvalue weighted by molar-refractivity contribution is -0.141. The van der Waals surface area contributed by atoms with E-state index in [9.17, 15) is 47.1 Å². The maximum atomic E-state index is 14.4. The molecular weight excluding hydrogens is 895 g/mol. The maximum Gasteiger partial charge on any atom is 0.407 e. The monoisotopic (exact) mass is 968 g/mol. The van der Waals surface area contributed by atoms with Gasteiger partial charge in [0.2, 0.25) is 23.6 Å². The fourth-order valence-electron chi connectivity index (χ4n) is 7.93. The van der Waals surface area contributed by atoms with Gasteiger partial charge in [0.05, 0.1) is 22.5 Å². The van der Waals surface area contributed by atoms with E-state index in [1.807, 2.05) is 19.9 Å². The zero-order valence-corrected chi connectivity index (χ0v) is 42.2. The molecule has 0 bridgehead atoms. The number of rotatable bonds is 22. The molecule has 2 aromatic carbocycles. The predicted molar refractivity (Wildman–Crippen MR) is 258 cm³/mol. The Labute approximate surface area is 401 Å². The number of nitrogens with one attached hydrogen (secondary N) is 5. The topological polar surface area (TPSA) is 293 Å². The number of nitrogens with zero attached hydrogens (tertiary/aromatic N) is 2. The Bertz CT molecular complexity index is 2290. The van der Waals surface area contributed by atoms with Crippen molar-refractivity contribution in [2.45, 2.75) is 141 Å². The molecule has 0 saturated heterocycles. The molecule has 10 N–H and O–H groups in total. The van der Waals surface area contributed by atoms with E-state index in [-0.39, 0.29) is 35.3 Å². The molecule has 0 aliphatic heterocycles. The van der Waals surface area contributed by atoms with Crippen LogP contribution in [0.3, 0.4) is 0 Å². The molecule has 19 nitrogen and oxygen atoms in total. The van der Waals surface area contributed by atoms with Gasteiger partial charge in [0.25, 0.3) is 15.9 Å². The van der Waals surface area contributed by atoms with Crippen LogP contribution >= 0.6 is 0 Å². The second-order valence-electron chi connectivity index (χ2n) is 20.0. The SMILES string of the molecule is CC(=C[C@H](C(C)C)N(C)C(=O)[C@@H](NC(=O)[C@@H](N(C)C(=O)O)C(C)(C)c1ccccc1)C(C)(C)C)C(=O)NS(=O)(=O)c1ccc(C2(NC(=O)[C@@H](CCCNC(N)=O)NC(=O)[C@H](N)C(C)C)CC2)cc1. The van der Waals surface area contributed by atoms with Gasteiger partial charge in [-0.05, 0) is 73.1 Å². The normalized spacial score (nSPS) is 16.0. The Morgan fingerprint density at radius 1 is 0.824 bits per heavy atom. The number of nitrogens with two attached hydrogens (primary N) is 2. The van der Waals surface area contributed by atoms with Crippen molar-refractivity contribution < 1.29 is 47.1 Å². The lowest BCUT2D eigenvalue weighted by atomic mass is 9.76. The van der Waals surface area contributed by atoms with Gasteiger partial charge >= 0.3 is 12.1 Å². The van der Waals surface area contributed by atoms with Crippen LogP contribution in [0, 0.1) is 17.3 Å². The summed E-state index contributed by atoms with van der Waals surface area (Å²) in [7, 11) is -1.60. The largest absolute Gasteiger partial charge is 0.465 e. The van der Waals surface area contributed by atoms with Crippen molar-refractivity contribution in [3.05, 3.63) is 77.4 Å². The smallest absolute Gasteiger partial charge is 0.407 e.